The summed E-state index contributed by atoms with van der Waals surface area (Å²) in [7, 11) is 0. The van der Waals surface area contributed by atoms with Crippen LogP contribution in [0.1, 0.15) is 42.1 Å². The maximum atomic E-state index is 12.6. The zero-order valence-corrected chi connectivity index (χ0v) is 14.3. The molecule has 0 aliphatic carbocycles. The summed E-state index contributed by atoms with van der Waals surface area (Å²) in [4.78, 5) is 14.6. The van der Waals surface area contributed by atoms with E-state index in [0.29, 0.717) is 6.61 Å². The van der Waals surface area contributed by atoms with Crippen molar-refractivity contribution in [2.24, 2.45) is 5.92 Å². The highest BCUT2D eigenvalue weighted by Crippen LogP contribution is 2.19. The first kappa shape index (κ1) is 16.6. The summed E-state index contributed by atoms with van der Waals surface area (Å²) in [6.45, 7) is 4.54. The van der Waals surface area contributed by atoms with Crippen LogP contribution in [-0.4, -0.2) is 23.9 Å². The first-order chi connectivity index (χ1) is 11.7. The quantitative estimate of drug-likeness (QED) is 0.827. The molecule has 2 aromatic carbocycles. The molecule has 1 amide bonds. The Morgan fingerprint density at radius 3 is 2.54 bits per heavy atom. The lowest BCUT2D eigenvalue weighted by Gasteiger charge is -2.20. The van der Waals surface area contributed by atoms with Gasteiger partial charge in [-0.1, -0.05) is 37.3 Å². The van der Waals surface area contributed by atoms with E-state index in [1.165, 1.54) is 6.42 Å². The number of carbonyl (C=O) groups excluding carboxylic acids is 1. The van der Waals surface area contributed by atoms with E-state index in [9.17, 15) is 4.79 Å². The molecule has 24 heavy (non-hydrogen) atoms. The molecule has 1 aliphatic rings. The van der Waals surface area contributed by atoms with Crippen molar-refractivity contribution in [3.8, 4) is 5.75 Å². The molecular formula is C21H25NO2. The lowest BCUT2D eigenvalue weighted by molar-refractivity contribution is 0.0760. The van der Waals surface area contributed by atoms with Crippen molar-refractivity contribution in [2.75, 3.05) is 13.1 Å². The molecule has 2 aromatic rings. The van der Waals surface area contributed by atoms with Gasteiger partial charge >= 0.3 is 0 Å². The maximum absolute atomic E-state index is 12.6. The van der Waals surface area contributed by atoms with E-state index in [1.54, 1.807) is 0 Å². The number of benzene rings is 2. The second-order valence-corrected chi connectivity index (χ2v) is 6.63. The van der Waals surface area contributed by atoms with Gasteiger partial charge in [0.05, 0.1) is 0 Å². The zero-order valence-electron chi connectivity index (χ0n) is 14.3. The van der Waals surface area contributed by atoms with Crippen molar-refractivity contribution in [1.29, 1.82) is 0 Å². The van der Waals surface area contributed by atoms with E-state index in [0.717, 1.165) is 48.7 Å². The minimum Gasteiger partial charge on any atom is -0.489 e. The Balaban J connectivity index is 1.58. The van der Waals surface area contributed by atoms with E-state index in [1.807, 2.05) is 59.5 Å². The first-order valence-electron chi connectivity index (χ1n) is 8.78. The standard InChI is InChI=1S/C21H25NO2/c1-17-6-5-14-22(15-13-17)21(23)19-11-9-18(10-12-19)16-24-20-7-3-2-4-8-20/h2-4,7-12,17H,5-6,13-16H2,1H3. The molecule has 1 saturated heterocycles. The predicted molar refractivity (Wildman–Crippen MR) is 96.1 cm³/mol. The fraction of sp³-hybridized carbons (Fsp3) is 0.381. The molecule has 1 aliphatic heterocycles. The highest BCUT2D eigenvalue weighted by Gasteiger charge is 2.19. The summed E-state index contributed by atoms with van der Waals surface area (Å²) in [5.41, 5.74) is 1.84. The van der Waals surface area contributed by atoms with Crippen molar-refractivity contribution in [2.45, 2.75) is 32.8 Å². The van der Waals surface area contributed by atoms with Gasteiger partial charge in [0, 0.05) is 18.7 Å². The third-order valence-corrected chi connectivity index (χ3v) is 4.65. The predicted octanol–water partition coefficient (Wildman–Crippen LogP) is 4.53. The van der Waals surface area contributed by atoms with Crippen LogP contribution in [0.4, 0.5) is 0 Å². The minimum atomic E-state index is 0.152. The third kappa shape index (κ3) is 4.38. The molecule has 1 fully saturated rings. The molecule has 0 bridgehead atoms. The van der Waals surface area contributed by atoms with E-state index in [2.05, 4.69) is 6.92 Å². The largest absolute Gasteiger partial charge is 0.489 e. The molecule has 0 saturated carbocycles. The summed E-state index contributed by atoms with van der Waals surface area (Å²) in [6, 6.07) is 17.6. The van der Waals surface area contributed by atoms with Crippen LogP contribution in [0.25, 0.3) is 0 Å². The highest BCUT2D eigenvalue weighted by atomic mass is 16.5. The molecule has 0 aromatic heterocycles. The van der Waals surface area contributed by atoms with Crippen molar-refractivity contribution in [3.63, 3.8) is 0 Å². The van der Waals surface area contributed by atoms with Crippen molar-refractivity contribution in [1.82, 2.24) is 4.90 Å². The van der Waals surface area contributed by atoms with Gasteiger partial charge in [0.15, 0.2) is 0 Å². The molecule has 3 nitrogen and oxygen atoms in total. The Morgan fingerprint density at radius 2 is 1.79 bits per heavy atom. The topological polar surface area (TPSA) is 29.5 Å². The van der Waals surface area contributed by atoms with E-state index < -0.39 is 0 Å². The number of para-hydroxylation sites is 1. The summed E-state index contributed by atoms with van der Waals surface area (Å²) >= 11 is 0. The number of hydrogen-bond donors (Lipinski definition) is 0. The lowest BCUT2D eigenvalue weighted by atomic mass is 10.0. The fourth-order valence-electron chi connectivity index (χ4n) is 3.08. The van der Waals surface area contributed by atoms with E-state index in [-0.39, 0.29) is 5.91 Å². The van der Waals surface area contributed by atoms with Crippen molar-refractivity contribution >= 4 is 5.91 Å². The molecule has 126 valence electrons. The smallest absolute Gasteiger partial charge is 0.253 e. The monoisotopic (exact) mass is 323 g/mol. The van der Waals surface area contributed by atoms with Crippen LogP contribution in [0.3, 0.4) is 0 Å². The Morgan fingerprint density at radius 1 is 1.04 bits per heavy atom. The molecule has 1 atom stereocenters. The van der Waals surface area contributed by atoms with E-state index in [4.69, 9.17) is 4.74 Å². The van der Waals surface area contributed by atoms with E-state index >= 15 is 0 Å². The van der Waals surface area contributed by atoms with Crippen LogP contribution in [0.5, 0.6) is 5.75 Å². The Bertz CT molecular complexity index is 651. The molecule has 1 heterocycles. The lowest BCUT2D eigenvalue weighted by Crippen LogP contribution is -2.31. The first-order valence-corrected chi connectivity index (χ1v) is 8.78. The summed E-state index contributed by atoms with van der Waals surface area (Å²) in [5, 5.41) is 0. The fourth-order valence-corrected chi connectivity index (χ4v) is 3.08. The van der Waals surface area contributed by atoms with Crippen molar-refractivity contribution < 1.29 is 9.53 Å². The van der Waals surface area contributed by atoms with Crippen molar-refractivity contribution in [3.05, 3.63) is 65.7 Å². The Hall–Kier alpha value is -2.29. The van der Waals surface area contributed by atoms with Gasteiger partial charge in [-0.05, 0) is 55.0 Å². The van der Waals surface area contributed by atoms with Gasteiger partial charge < -0.3 is 9.64 Å². The Kier molecular flexibility index (Phi) is 5.52. The van der Waals surface area contributed by atoms with Gasteiger partial charge in [-0.2, -0.15) is 0 Å². The molecule has 0 N–H and O–H groups in total. The Labute approximate surface area is 144 Å². The maximum Gasteiger partial charge on any atom is 0.253 e. The van der Waals surface area contributed by atoms with Crippen LogP contribution in [-0.2, 0) is 6.61 Å². The van der Waals surface area contributed by atoms with Gasteiger partial charge in [0.25, 0.3) is 5.91 Å². The van der Waals surface area contributed by atoms with Gasteiger partial charge in [0.1, 0.15) is 12.4 Å². The molecule has 0 spiro atoms. The molecule has 3 heteroatoms. The second-order valence-electron chi connectivity index (χ2n) is 6.63. The second kappa shape index (κ2) is 8.00. The number of rotatable bonds is 4. The van der Waals surface area contributed by atoms with Gasteiger partial charge in [-0.15, -0.1) is 0 Å². The van der Waals surface area contributed by atoms with Crippen LogP contribution in [0.2, 0.25) is 0 Å². The average Bonchev–Trinajstić information content (AvgIpc) is 2.85. The normalized spacial score (nSPS) is 18.0. The number of ether oxygens (including phenoxy) is 1. The average molecular weight is 323 g/mol. The van der Waals surface area contributed by atoms with Crippen LogP contribution in [0, 0.1) is 5.92 Å². The summed E-state index contributed by atoms with van der Waals surface area (Å²) < 4.78 is 5.74. The summed E-state index contributed by atoms with van der Waals surface area (Å²) in [5.74, 6) is 1.73. The number of amides is 1. The van der Waals surface area contributed by atoms with Gasteiger partial charge in [-0.3, -0.25) is 4.79 Å². The van der Waals surface area contributed by atoms with Crippen LogP contribution in [0.15, 0.2) is 54.6 Å². The number of likely N-dealkylation sites (tertiary alicyclic amines) is 1. The third-order valence-electron chi connectivity index (χ3n) is 4.65. The zero-order chi connectivity index (χ0) is 16.8. The van der Waals surface area contributed by atoms with Crippen LogP contribution < -0.4 is 4.74 Å². The SMILES string of the molecule is CC1CCCN(C(=O)c2ccc(COc3ccccc3)cc2)CC1. The summed E-state index contributed by atoms with van der Waals surface area (Å²) in [6.07, 6.45) is 3.43. The molecule has 0 radical (unpaired) electrons. The molecular weight excluding hydrogens is 298 g/mol. The number of hydrogen-bond acceptors (Lipinski definition) is 2. The van der Waals surface area contributed by atoms with Gasteiger partial charge in [0.2, 0.25) is 0 Å². The molecule has 1 unspecified atom stereocenters. The number of nitrogens with zero attached hydrogens (tertiary/aromatic N) is 1. The van der Waals surface area contributed by atoms with Gasteiger partial charge in [-0.25, -0.2) is 0 Å². The van der Waals surface area contributed by atoms with Crippen LogP contribution >= 0.6 is 0 Å². The highest BCUT2D eigenvalue weighted by molar-refractivity contribution is 5.94. The number of carbonyl (C=O) groups is 1. The minimum absolute atomic E-state index is 0.152. The molecule has 3 rings (SSSR count).